The van der Waals surface area contributed by atoms with Crippen molar-refractivity contribution in [1.29, 1.82) is 0 Å². The lowest BCUT2D eigenvalue weighted by Gasteiger charge is -2.26. The van der Waals surface area contributed by atoms with Crippen LogP contribution in [-0.4, -0.2) is 20.9 Å². The van der Waals surface area contributed by atoms with Gasteiger partial charge in [-0.25, -0.2) is 12.8 Å². The van der Waals surface area contributed by atoms with Crippen LogP contribution in [0.2, 0.25) is 10.0 Å². The van der Waals surface area contributed by atoms with E-state index in [0.29, 0.717) is 10.6 Å². The van der Waals surface area contributed by atoms with Gasteiger partial charge in [0.1, 0.15) is 12.4 Å². The molecule has 31 heavy (non-hydrogen) atoms. The van der Waals surface area contributed by atoms with Gasteiger partial charge in [0.05, 0.1) is 15.6 Å². The van der Waals surface area contributed by atoms with Crippen molar-refractivity contribution in [3.63, 3.8) is 0 Å². The molecule has 1 N–H and O–H groups in total. The van der Waals surface area contributed by atoms with E-state index in [2.05, 4.69) is 5.32 Å². The number of sulfonamides is 1. The molecular formula is C22H19Cl2FN2O3S. The number of nitrogens with zero attached hydrogens (tertiary/aromatic N) is 1. The van der Waals surface area contributed by atoms with Crippen molar-refractivity contribution in [2.45, 2.75) is 18.7 Å². The molecule has 3 rings (SSSR count). The molecule has 0 spiro atoms. The summed E-state index contributed by atoms with van der Waals surface area (Å²) in [5.74, 6) is -1.25. The van der Waals surface area contributed by atoms with Crippen molar-refractivity contribution in [2.24, 2.45) is 0 Å². The highest BCUT2D eigenvalue weighted by atomic mass is 35.5. The molecule has 0 saturated heterocycles. The zero-order chi connectivity index (χ0) is 22.8. The second-order valence-electron chi connectivity index (χ2n) is 6.89. The third-order valence-corrected chi connectivity index (χ3v) is 7.08. The van der Waals surface area contributed by atoms with Crippen molar-refractivity contribution >= 4 is 50.5 Å². The van der Waals surface area contributed by atoms with Crippen LogP contribution in [0, 0.1) is 19.7 Å². The predicted octanol–water partition coefficient (Wildman–Crippen LogP) is 5.58. The van der Waals surface area contributed by atoms with E-state index in [9.17, 15) is 17.6 Å². The highest BCUT2D eigenvalue weighted by Gasteiger charge is 2.28. The van der Waals surface area contributed by atoms with Crippen molar-refractivity contribution < 1.29 is 17.6 Å². The molecule has 9 heteroatoms. The number of amides is 1. The van der Waals surface area contributed by atoms with E-state index in [0.717, 1.165) is 15.9 Å². The van der Waals surface area contributed by atoms with E-state index in [1.54, 1.807) is 37.3 Å². The van der Waals surface area contributed by atoms with Crippen LogP contribution in [0.3, 0.4) is 0 Å². The molecule has 0 aliphatic heterocycles. The fraction of sp³-hybridized carbons (Fsp3) is 0.136. The zero-order valence-electron chi connectivity index (χ0n) is 16.7. The third kappa shape index (κ3) is 5.18. The summed E-state index contributed by atoms with van der Waals surface area (Å²) in [5.41, 5.74) is 1.93. The van der Waals surface area contributed by atoms with Crippen LogP contribution in [0.4, 0.5) is 15.8 Å². The highest BCUT2D eigenvalue weighted by Crippen LogP contribution is 2.31. The molecule has 0 fully saturated rings. The van der Waals surface area contributed by atoms with Crippen molar-refractivity contribution in [3.05, 3.63) is 87.7 Å². The van der Waals surface area contributed by atoms with Gasteiger partial charge in [0.2, 0.25) is 5.91 Å². The zero-order valence-corrected chi connectivity index (χ0v) is 19.0. The van der Waals surface area contributed by atoms with E-state index in [1.807, 2.05) is 6.92 Å². The lowest BCUT2D eigenvalue weighted by molar-refractivity contribution is -0.114. The second-order valence-corrected chi connectivity index (χ2v) is 9.56. The SMILES string of the molecule is Cc1ccc(S(=O)(=O)N(CC(=O)Nc2ccc(F)c(Cl)c2)c2cccc(Cl)c2C)cc1. The number of carbonyl (C=O) groups is 1. The Morgan fingerprint density at radius 1 is 1.00 bits per heavy atom. The lowest BCUT2D eigenvalue weighted by Crippen LogP contribution is -2.38. The van der Waals surface area contributed by atoms with Gasteiger partial charge in [-0.3, -0.25) is 9.10 Å². The molecular weight excluding hydrogens is 462 g/mol. The Hall–Kier alpha value is -2.61. The second kappa shape index (κ2) is 9.26. The monoisotopic (exact) mass is 480 g/mol. The Kier molecular flexibility index (Phi) is 6.89. The number of benzene rings is 3. The molecule has 0 heterocycles. The van der Waals surface area contributed by atoms with Crippen molar-refractivity contribution in [1.82, 2.24) is 0 Å². The van der Waals surface area contributed by atoms with Crippen molar-refractivity contribution in [2.75, 3.05) is 16.2 Å². The van der Waals surface area contributed by atoms with E-state index >= 15 is 0 Å². The van der Waals surface area contributed by atoms with Gasteiger partial charge >= 0.3 is 0 Å². The van der Waals surface area contributed by atoms with Crippen LogP contribution in [0.15, 0.2) is 65.6 Å². The van der Waals surface area contributed by atoms with Crippen LogP contribution in [0.1, 0.15) is 11.1 Å². The molecule has 3 aromatic carbocycles. The summed E-state index contributed by atoms with van der Waals surface area (Å²) < 4.78 is 41.2. The van der Waals surface area contributed by atoms with Gasteiger partial charge in [0.15, 0.2) is 0 Å². The topological polar surface area (TPSA) is 66.5 Å². The number of anilines is 2. The Morgan fingerprint density at radius 3 is 2.32 bits per heavy atom. The first-order valence-electron chi connectivity index (χ1n) is 9.19. The Labute approximate surface area is 190 Å². The number of halogens is 3. The van der Waals surface area contributed by atoms with Gasteiger partial charge < -0.3 is 5.32 Å². The van der Waals surface area contributed by atoms with Gasteiger partial charge in [-0.05, 0) is 61.9 Å². The van der Waals surface area contributed by atoms with Crippen LogP contribution in [-0.2, 0) is 14.8 Å². The largest absolute Gasteiger partial charge is 0.324 e. The number of nitrogens with one attached hydrogen (secondary N) is 1. The number of aryl methyl sites for hydroxylation is 1. The minimum Gasteiger partial charge on any atom is -0.324 e. The summed E-state index contributed by atoms with van der Waals surface area (Å²) in [6, 6.07) is 14.8. The van der Waals surface area contributed by atoms with E-state index in [1.165, 1.54) is 24.3 Å². The number of hydrogen-bond acceptors (Lipinski definition) is 3. The molecule has 0 aliphatic carbocycles. The molecule has 0 radical (unpaired) electrons. The Morgan fingerprint density at radius 2 is 1.68 bits per heavy atom. The van der Waals surface area contributed by atoms with Gasteiger partial charge in [0.25, 0.3) is 10.0 Å². The number of rotatable bonds is 6. The summed E-state index contributed by atoms with van der Waals surface area (Å²) in [6.07, 6.45) is 0. The molecule has 3 aromatic rings. The molecule has 5 nitrogen and oxygen atoms in total. The summed E-state index contributed by atoms with van der Waals surface area (Å²) in [5, 5.41) is 2.76. The Bertz CT molecular complexity index is 1230. The van der Waals surface area contributed by atoms with Gasteiger partial charge in [-0.15, -0.1) is 0 Å². The number of carbonyl (C=O) groups excluding carboxylic acids is 1. The summed E-state index contributed by atoms with van der Waals surface area (Å²) >= 11 is 12.0. The first-order chi connectivity index (χ1) is 14.6. The summed E-state index contributed by atoms with van der Waals surface area (Å²) in [4.78, 5) is 12.8. The van der Waals surface area contributed by atoms with Crippen LogP contribution in [0.5, 0.6) is 0 Å². The fourth-order valence-corrected chi connectivity index (χ4v) is 4.74. The smallest absolute Gasteiger partial charge is 0.264 e. The van der Waals surface area contributed by atoms with Gasteiger partial charge in [-0.2, -0.15) is 0 Å². The molecule has 0 unspecified atom stereocenters. The van der Waals surface area contributed by atoms with E-state index < -0.39 is 28.3 Å². The predicted molar refractivity (Wildman–Crippen MR) is 122 cm³/mol. The van der Waals surface area contributed by atoms with Crippen molar-refractivity contribution in [3.8, 4) is 0 Å². The first-order valence-corrected chi connectivity index (χ1v) is 11.4. The Balaban J connectivity index is 1.99. The van der Waals surface area contributed by atoms with E-state index in [4.69, 9.17) is 23.2 Å². The molecule has 0 atom stereocenters. The normalized spacial score (nSPS) is 11.3. The van der Waals surface area contributed by atoms with Crippen LogP contribution >= 0.6 is 23.2 Å². The average molecular weight is 481 g/mol. The van der Waals surface area contributed by atoms with Gasteiger partial charge in [-0.1, -0.05) is 47.0 Å². The standard InChI is InChI=1S/C22H19Cl2FN2O3S/c1-14-6-9-17(10-7-14)31(29,30)27(21-5-3-4-18(23)15(21)2)13-22(28)26-16-8-11-20(25)19(24)12-16/h3-12H,13H2,1-2H3,(H,26,28). The van der Waals surface area contributed by atoms with Gasteiger partial charge in [0, 0.05) is 10.7 Å². The quantitative estimate of drug-likeness (QED) is 0.500. The lowest BCUT2D eigenvalue weighted by atomic mass is 10.2. The fourth-order valence-electron chi connectivity index (χ4n) is 2.91. The minimum absolute atomic E-state index is 0.0371. The maximum atomic E-state index is 13.4. The summed E-state index contributed by atoms with van der Waals surface area (Å²) in [6.45, 7) is 3.00. The molecule has 0 saturated carbocycles. The molecule has 162 valence electrons. The first kappa shape index (κ1) is 23.1. The third-order valence-electron chi connectivity index (χ3n) is 4.61. The van der Waals surface area contributed by atoms with Crippen LogP contribution in [0.25, 0.3) is 0 Å². The molecule has 0 aromatic heterocycles. The maximum absolute atomic E-state index is 13.4. The summed E-state index contributed by atoms with van der Waals surface area (Å²) in [7, 11) is -4.08. The molecule has 0 bridgehead atoms. The minimum atomic E-state index is -4.08. The van der Waals surface area contributed by atoms with Crippen LogP contribution < -0.4 is 9.62 Å². The average Bonchev–Trinajstić information content (AvgIpc) is 2.71. The number of hydrogen-bond donors (Lipinski definition) is 1. The molecule has 1 amide bonds. The van der Waals surface area contributed by atoms with E-state index in [-0.39, 0.29) is 21.3 Å². The molecule has 0 aliphatic rings. The highest BCUT2D eigenvalue weighted by molar-refractivity contribution is 7.92. The maximum Gasteiger partial charge on any atom is 0.264 e.